The number of hydrogen-bond acceptors (Lipinski definition) is 8. The Morgan fingerprint density at radius 2 is 2.36 bits per heavy atom. The van der Waals surface area contributed by atoms with Crippen LogP contribution in [-0.2, 0) is 4.74 Å². The summed E-state index contributed by atoms with van der Waals surface area (Å²) in [5.74, 6) is -0.904. The van der Waals surface area contributed by atoms with Crippen molar-refractivity contribution in [3.63, 3.8) is 0 Å². The number of esters is 1. The maximum absolute atomic E-state index is 11.6. The molecule has 1 aromatic carbocycles. The maximum Gasteiger partial charge on any atom is 0.341 e. The van der Waals surface area contributed by atoms with Gasteiger partial charge in [0.2, 0.25) is 5.82 Å². The van der Waals surface area contributed by atoms with E-state index in [9.17, 15) is 9.90 Å². The number of ether oxygens (including phenoxy) is 1. The minimum absolute atomic E-state index is 0.0224. The largest absolute Gasteiger partial charge is 0.505 e. The zero-order chi connectivity index (χ0) is 16.1. The molecular weight excluding hydrogens is 356 g/mol. The van der Waals surface area contributed by atoms with Crippen LogP contribution in [0, 0.1) is 11.3 Å². The Morgan fingerprint density at radius 3 is 2.95 bits per heavy atom. The van der Waals surface area contributed by atoms with Crippen molar-refractivity contribution >= 4 is 33.2 Å². The highest BCUT2D eigenvalue weighted by Crippen LogP contribution is 2.32. The van der Waals surface area contributed by atoms with Gasteiger partial charge in [-0.15, -0.1) is 10.2 Å². The first kappa shape index (κ1) is 15.5. The molecule has 0 fully saturated rings. The number of H-pyrrole nitrogens is 1. The molecule has 2 aromatic rings. The number of halogens is 1. The fourth-order valence-corrected chi connectivity index (χ4v) is 2.01. The quantitative estimate of drug-likeness (QED) is 0.420. The monoisotopic (exact) mass is 364 g/mol. The van der Waals surface area contributed by atoms with E-state index < -0.39 is 5.97 Å². The predicted octanol–water partition coefficient (Wildman–Crippen LogP) is 1.43. The second kappa shape index (κ2) is 6.68. The van der Waals surface area contributed by atoms with Crippen molar-refractivity contribution in [3.8, 4) is 11.8 Å². The molecule has 0 saturated heterocycles. The predicted molar refractivity (Wildman–Crippen MR) is 78.5 cm³/mol. The molecule has 0 amide bonds. The van der Waals surface area contributed by atoms with E-state index in [1.165, 1.54) is 25.4 Å². The normalized spacial score (nSPS) is 10.9. The van der Waals surface area contributed by atoms with Gasteiger partial charge in [-0.25, -0.2) is 4.79 Å². The Hall–Kier alpha value is -2.93. The zero-order valence-electron chi connectivity index (χ0n) is 11.2. The minimum atomic E-state index is -0.690. The number of nitriles is 1. The highest BCUT2D eigenvalue weighted by atomic mass is 79.9. The molecule has 1 heterocycles. The molecule has 3 N–H and O–H groups in total. The van der Waals surface area contributed by atoms with Crippen molar-refractivity contribution < 1.29 is 14.6 Å². The van der Waals surface area contributed by atoms with Gasteiger partial charge >= 0.3 is 5.97 Å². The van der Waals surface area contributed by atoms with Gasteiger partial charge in [0.25, 0.3) is 0 Å². The number of phenols is 1. The van der Waals surface area contributed by atoms with Crippen molar-refractivity contribution in [1.29, 1.82) is 5.26 Å². The van der Waals surface area contributed by atoms with Crippen molar-refractivity contribution in [3.05, 3.63) is 34.2 Å². The van der Waals surface area contributed by atoms with Crippen LogP contribution in [-0.4, -0.2) is 38.8 Å². The summed E-state index contributed by atoms with van der Waals surface area (Å²) in [6, 6.07) is 4.83. The molecule has 0 bridgehead atoms. The molecule has 112 valence electrons. The third kappa shape index (κ3) is 3.21. The number of nitrogens with one attached hydrogen (secondary N) is 2. The lowest BCUT2D eigenvalue weighted by atomic mass is 10.1. The van der Waals surface area contributed by atoms with Crippen molar-refractivity contribution in [2.24, 2.45) is 0 Å². The number of allylic oxidation sites excluding steroid dienone is 1. The van der Waals surface area contributed by atoms with Crippen LogP contribution in [0.4, 0.5) is 5.69 Å². The van der Waals surface area contributed by atoms with Gasteiger partial charge in [0.15, 0.2) is 5.75 Å². The summed E-state index contributed by atoms with van der Waals surface area (Å²) < 4.78 is 5.13. The van der Waals surface area contributed by atoms with E-state index in [-0.39, 0.29) is 28.4 Å². The summed E-state index contributed by atoms with van der Waals surface area (Å²) in [4.78, 5) is 11.6. The third-order valence-electron chi connectivity index (χ3n) is 2.56. The van der Waals surface area contributed by atoms with Gasteiger partial charge in [-0.05, 0) is 17.3 Å². The summed E-state index contributed by atoms with van der Waals surface area (Å²) >= 11 is 3.22. The third-order valence-corrected chi connectivity index (χ3v) is 3.02. The zero-order valence-corrected chi connectivity index (χ0v) is 12.7. The van der Waals surface area contributed by atoms with E-state index in [1.54, 1.807) is 0 Å². The molecular formula is C12H9BrN6O3. The van der Waals surface area contributed by atoms with Crippen LogP contribution in [0.3, 0.4) is 0 Å². The Kier molecular flexibility index (Phi) is 4.70. The molecule has 0 saturated carbocycles. The van der Waals surface area contributed by atoms with Crippen molar-refractivity contribution in [2.45, 2.75) is 0 Å². The van der Waals surface area contributed by atoms with E-state index in [0.29, 0.717) is 4.47 Å². The topological polar surface area (TPSA) is 137 Å². The van der Waals surface area contributed by atoms with E-state index >= 15 is 0 Å². The SMILES string of the molecule is COC(=O)c1cc(Br)cc(NC=C(C#N)c2nn[nH]n2)c1O. The van der Waals surface area contributed by atoms with Crippen molar-refractivity contribution in [2.75, 3.05) is 12.4 Å². The number of hydrogen-bond donors (Lipinski definition) is 3. The van der Waals surface area contributed by atoms with Crippen LogP contribution in [0.15, 0.2) is 22.8 Å². The summed E-state index contributed by atoms with van der Waals surface area (Å²) in [6.07, 6.45) is 1.29. The molecule has 0 spiro atoms. The molecule has 10 heteroatoms. The Balaban J connectivity index is 2.36. The highest BCUT2D eigenvalue weighted by Gasteiger charge is 2.16. The standard InChI is InChI=1S/C12H9BrN6O3/c1-22-12(21)8-2-7(13)3-9(10(8)20)15-5-6(4-14)11-16-18-19-17-11/h2-3,5,15,20H,1H3,(H,16,17,18,19). The second-order valence-electron chi connectivity index (χ2n) is 3.89. The van der Waals surface area contributed by atoms with E-state index in [0.717, 1.165) is 0 Å². The van der Waals surface area contributed by atoms with E-state index in [1.807, 2.05) is 6.07 Å². The Morgan fingerprint density at radius 1 is 1.59 bits per heavy atom. The molecule has 1 aromatic heterocycles. The summed E-state index contributed by atoms with van der Waals surface area (Å²) in [5, 5.41) is 34.8. The molecule has 0 aliphatic carbocycles. The van der Waals surface area contributed by atoms with Crippen LogP contribution in [0.5, 0.6) is 5.75 Å². The number of aromatic hydroxyl groups is 1. The summed E-state index contributed by atoms with van der Waals surface area (Å²) in [5.41, 5.74) is 0.268. The number of aromatic nitrogens is 4. The average Bonchev–Trinajstić information content (AvgIpc) is 3.04. The van der Waals surface area contributed by atoms with Gasteiger partial charge in [-0.2, -0.15) is 10.5 Å². The molecule has 0 aliphatic heterocycles. The maximum atomic E-state index is 11.6. The van der Waals surface area contributed by atoms with E-state index in [2.05, 4.69) is 46.6 Å². The number of carbonyl (C=O) groups excluding carboxylic acids is 1. The first-order chi connectivity index (χ1) is 10.6. The van der Waals surface area contributed by atoms with Crippen LogP contribution in [0.1, 0.15) is 16.2 Å². The van der Waals surface area contributed by atoms with Crippen LogP contribution < -0.4 is 5.32 Å². The van der Waals surface area contributed by atoms with Crippen LogP contribution in [0.25, 0.3) is 5.57 Å². The Bertz CT molecular complexity index is 766. The lowest BCUT2D eigenvalue weighted by Crippen LogP contribution is -2.03. The minimum Gasteiger partial charge on any atom is -0.505 e. The molecule has 0 radical (unpaired) electrons. The number of tetrazole rings is 1. The molecule has 9 nitrogen and oxygen atoms in total. The number of methoxy groups -OCH3 is 1. The van der Waals surface area contributed by atoms with Gasteiger partial charge in [-0.1, -0.05) is 15.9 Å². The number of benzene rings is 1. The first-order valence-corrected chi connectivity index (χ1v) is 6.57. The van der Waals surface area contributed by atoms with Gasteiger partial charge in [0.05, 0.1) is 12.8 Å². The molecule has 0 unspecified atom stereocenters. The average molecular weight is 365 g/mol. The number of carbonyl (C=O) groups is 1. The Labute approximate surface area is 132 Å². The number of anilines is 1. The molecule has 2 rings (SSSR count). The van der Waals surface area contributed by atoms with Crippen molar-refractivity contribution in [1.82, 2.24) is 20.6 Å². The number of aromatic amines is 1. The highest BCUT2D eigenvalue weighted by molar-refractivity contribution is 9.10. The smallest absolute Gasteiger partial charge is 0.341 e. The van der Waals surface area contributed by atoms with Crippen LogP contribution in [0.2, 0.25) is 0 Å². The fraction of sp³-hybridized carbons (Fsp3) is 0.0833. The van der Waals surface area contributed by atoms with Gasteiger partial charge in [0.1, 0.15) is 17.2 Å². The number of rotatable bonds is 4. The molecule has 22 heavy (non-hydrogen) atoms. The van der Waals surface area contributed by atoms with Gasteiger partial charge in [0, 0.05) is 10.7 Å². The summed E-state index contributed by atoms with van der Waals surface area (Å²) in [7, 11) is 1.21. The van der Waals surface area contributed by atoms with E-state index in [4.69, 9.17) is 5.26 Å². The number of phenolic OH excluding ortho intramolecular Hbond substituents is 1. The first-order valence-electron chi connectivity index (χ1n) is 5.78. The fourth-order valence-electron chi connectivity index (χ4n) is 1.55. The van der Waals surface area contributed by atoms with Gasteiger partial charge in [-0.3, -0.25) is 0 Å². The molecule has 0 aliphatic rings. The lowest BCUT2D eigenvalue weighted by molar-refractivity contribution is 0.0597. The molecule has 0 atom stereocenters. The second-order valence-corrected chi connectivity index (χ2v) is 4.81. The lowest BCUT2D eigenvalue weighted by Gasteiger charge is -2.09. The van der Waals surface area contributed by atoms with Crippen LogP contribution >= 0.6 is 15.9 Å². The number of nitrogens with zero attached hydrogens (tertiary/aromatic N) is 4. The van der Waals surface area contributed by atoms with Gasteiger partial charge < -0.3 is 15.2 Å². The summed E-state index contributed by atoms with van der Waals surface area (Å²) in [6.45, 7) is 0.